The molecule has 1 aliphatic rings. The van der Waals surface area contributed by atoms with Gasteiger partial charge in [0.15, 0.2) is 5.76 Å². The topological polar surface area (TPSA) is 66.8 Å². The van der Waals surface area contributed by atoms with E-state index < -0.39 is 17.6 Å². The lowest BCUT2D eigenvalue weighted by atomic mass is 10.1. The highest BCUT2D eigenvalue weighted by atomic mass is 35.5. The summed E-state index contributed by atoms with van der Waals surface area (Å²) in [7, 11) is 0. The Hall–Kier alpha value is -2.79. The first-order valence-electron chi connectivity index (χ1n) is 8.28. The average molecular weight is 372 g/mol. The fourth-order valence-corrected chi connectivity index (χ4v) is 2.93. The molecule has 5 nitrogen and oxygen atoms in total. The first-order chi connectivity index (χ1) is 12.5. The zero-order chi connectivity index (χ0) is 18.7. The Bertz CT molecular complexity index is 856. The molecule has 2 aromatic carbocycles. The molecule has 0 saturated heterocycles. The van der Waals surface area contributed by atoms with Gasteiger partial charge in [-0.3, -0.25) is 14.5 Å². The van der Waals surface area contributed by atoms with E-state index in [1.54, 1.807) is 36.4 Å². The van der Waals surface area contributed by atoms with Crippen molar-refractivity contribution < 1.29 is 19.4 Å². The summed E-state index contributed by atoms with van der Waals surface area (Å²) in [5.74, 6) is -1.03. The second-order valence-electron chi connectivity index (χ2n) is 5.82. The third-order valence-corrected chi connectivity index (χ3v) is 4.39. The summed E-state index contributed by atoms with van der Waals surface area (Å²) in [5, 5.41) is 10.8. The Morgan fingerprint density at radius 1 is 1.00 bits per heavy atom. The van der Waals surface area contributed by atoms with Gasteiger partial charge in [0.25, 0.3) is 11.8 Å². The predicted molar refractivity (Wildman–Crippen MR) is 99.0 cm³/mol. The van der Waals surface area contributed by atoms with Crippen LogP contribution in [0.4, 0.5) is 0 Å². The second-order valence-corrected chi connectivity index (χ2v) is 6.26. The molecule has 1 N–H and O–H groups in total. The summed E-state index contributed by atoms with van der Waals surface area (Å²) in [6.07, 6.45) is 0.485. The van der Waals surface area contributed by atoms with Gasteiger partial charge in [-0.25, -0.2) is 0 Å². The quantitative estimate of drug-likeness (QED) is 0.787. The number of hydrogen-bond acceptors (Lipinski definition) is 4. The van der Waals surface area contributed by atoms with Crippen molar-refractivity contribution in [2.24, 2.45) is 0 Å². The molecule has 0 aromatic heterocycles. The molecule has 1 aliphatic heterocycles. The SMILES string of the molecule is CCOc1ccc(C2=C(O)C(=O)N(CCc3ccc(Cl)cc3)C2=O)cc1. The molecule has 0 spiro atoms. The molecule has 26 heavy (non-hydrogen) atoms. The van der Waals surface area contributed by atoms with Gasteiger partial charge in [-0.1, -0.05) is 35.9 Å². The summed E-state index contributed by atoms with van der Waals surface area (Å²) in [6.45, 7) is 2.59. The van der Waals surface area contributed by atoms with Gasteiger partial charge in [-0.05, 0) is 48.7 Å². The normalized spacial score (nSPS) is 14.3. The smallest absolute Gasteiger partial charge is 0.296 e. The molecule has 0 unspecified atom stereocenters. The van der Waals surface area contributed by atoms with Crippen molar-refractivity contribution in [3.05, 3.63) is 70.4 Å². The lowest BCUT2D eigenvalue weighted by Gasteiger charge is -2.14. The predicted octanol–water partition coefficient (Wildman–Crippen LogP) is 3.62. The van der Waals surface area contributed by atoms with Crippen molar-refractivity contribution in [1.29, 1.82) is 0 Å². The van der Waals surface area contributed by atoms with E-state index in [0.717, 1.165) is 10.5 Å². The lowest BCUT2D eigenvalue weighted by Crippen LogP contribution is -2.33. The van der Waals surface area contributed by atoms with E-state index in [4.69, 9.17) is 16.3 Å². The Balaban J connectivity index is 1.75. The Labute approximate surface area is 156 Å². The number of amides is 2. The van der Waals surface area contributed by atoms with Crippen molar-refractivity contribution in [3.8, 4) is 5.75 Å². The van der Waals surface area contributed by atoms with E-state index in [0.29, 0.717) is 29.4 Å². The van der Waals surface area contributed by atoms with Gasteiger partial charge in [-0.15, -0.1) is 0 Å². The number of halogens is 1. The molecule has 134 valence electrons. The number of imide groups is 1. The van der Waals surface area contributed by atoms with Crippen molar-refractivity contribution in [2.75, 3.05) is 13.2 Å². The van der Waals surface area contributed by atoms with E-state index in [9.17, 15) is 14.7 Å². The monoisotopic (exact) mass is 371 g/mol. The molecule has 0 atom stereocenters. The van der Waals surface area contributed by atoms with Crippen molar-refractivity contribution >= 4 is 29.0 Å². The number of benzene rings is 2. The third kappa shape index (κ3) is 3.58. The number of ether oxygens (including phenoxy) is 1. The minimum absolute atomic E-state index is 0.0224. The largest absolute Gasteiger partial charge is 0.502 e. The Morgan fingerprint density at radius 3 is 2.27 bits per heavy atom. The number of carbonyl (C=O) groups excluding carboxylic acids is 2. The van der Waals surface area contributed by atoms with Crippen LogP contribution in [-0.4, -0.2) is 35.0 Å². The standard InChI is InChI=1S/C20H18ClNO4/c1-2-26-16-9-5-14(6-10-16)17-18(23)20(25)22(19(17)24)12-11-13-3-7-15(21)8-4-13/h3-10,23H,2,11-12H2,1H3. The highest BCUT2D eigenvalue weighted by molar-refractivity contribution is 6.34. The maximum absolute atomic E-state index is 12.6. The number of carbonyl (C=O) groups is 2. The first-order valence-corrected chi connectivity index (χ1v) is 8.66. The number of hydrogen-bond donors (Lipinski definition) is 1. The minimum atomic E-state index is -0.673. The summed E-state index contributed by atoms with van der Waals surface area (Å²) >= 11 is 5.85. The molecule has 2 amide bonds. The van der Waals surface area contributed by atoms with Crippen LogP contribution in [0.2, 0.25) is 5.02 Å². The van der Waals surface area contributed by atoms with Crippen LogP contribution in [0.5, 0.6) is 5.75 Å². The van der Waals surface area contributed by atoms with Crippen molar-refractivity contribution in [2.45, 2.75) is 13.3 Å². The minimum Gasteiger partial charge on any atom is -0.502 e. The van der Waals surface area contributed by atoms with Gasteiger partial charge in [0, 0.05) is 11.6 Å². The summed E-state index contributed by atoms with van der Waals surface area (Å²) < 4.78 is 5.37. The Morgan fingerprint density at radius 2 is 1.65 bits per heavy atom. The molecule has 3 rings (SSSR count). The van der Waals surface area contributed by atoms with E-state index in [2.05, 4.69) is 0 Å². The van der Waals surface area contributed by atoms with Crippen LogP contribution >= 0.6 is 11.6 Å². The molecule has 0 aliphatic carbocycles. The molecule has 0 bridgehead atoms. The molecule has 2 aromatic rings. The third-order valence-electron chi connectivity index (χ3n) is 4.13. The van der Waals surface area contributed by atoms with Crippen LogP contribution in [0.25, 0.3) is 5.57 Å². The summed E-state index contributed by atoms with van der Waals surface area (Å²) in [4.78, 5) is 26.0. The lowest BCUT2D eigenvalue weighted by molar-refractivity contribution is -0.138. The highest BCUT2D eigenvalue weighted by Crippen LogP contribution is 2.29. The van der Waals surface area contributed by atoms with E-state index in [1.807, 2.05) is 19.1 Å². The zero-order valence-electron chi connectivity index (χ0n) is 14.2. The van der Waals surface area contributed by atoms with Gasteiger partial charge in [0.05, 0.1) is 12.2 Å². The average Bonchev–Trinajstić information content (AvgIpc) is 2.85. The number of aliphatic hydroxyl groups is 1. The van der Waals surface area contributed by atoms with Gasteiger partial charge in [0.2, 0.25) is 0 Å². The fourth-order valence-electron chi connectivity index (χ4n) is 2.80. The maximum Gasteiger partial charge on any atom is 0.296 e. The molecule has 0 fully saturated rings. The summed E-state index contributed by atoms with van der Waals surface area (Å²) in [6, 6.07) is 13.9. The molecule has 1 heterocycles. The molecular weight excluding hydrogens is 354 g/mol. The number of rotatable bonds is 6. The fraction of sp³-hybridized carbons (Fsp3) is 0.200. The van der Waals surface area contributed by atoms with Crippen molar-refractivity contribution in [1.82, 2.24) is 4.90 Å². The molecule has 0 radical (unpaired) electrons. The number of aliphatic hydroxyl groups excluding tert-OH is 1. The van der Waals surface area contributed by atoms with Gasteiger partial charge < -0.3 is 9.84 Å². The highest BCUT2D eigenvalue weighted by Gasteiger charge is 2.38. The molecule has 0 saturated carbocycles. The van der Waals surface area contributed by atoms with Gasteiger partial charge in [0.1, 0.15) is 5.75 Å². The van der Waals surface area contributed by atoms with Gasteiger partial charge >= 0.3 is 0 Å². The second kappa shape index (κ2) is 7.62. The van der Waals surface area contributed by atoms with E-state index >= 15 is 0 Å². The summed E-state index contributed by atoms with van der Waals surface area (Å²) in [5.41, 5.74) is 1.46. The van der Waals surface area contributed by atoms with E-state index in [-0.39, 0.29) is 12.1 Å². The van der Waals surface area contributed by atoms with Crippen LogP contribution in [0, 0.1) is 0 Å². The maximum atomic E-state index is 12.6. The van der Waals surface area contributed by atoms with Crippen LogP contribution in [0.3, 0.4) is 0 Å². The molecule has 6 heteroatoms. The zero-order valence-corrected chi connectivity index (χ0v) is 15.0. The van der Waals surface area contributed by atoms with Crippen LogP contribution < -0.4 is 4.74 Å². The Kier molecular flexibility index (Phi) is 5.28. The number of nitrogens with zero attached hydrogens (tertiary/aromatic N) is 1. The van der Waals surface area contributed by atoms with Crippen LogP contribution in [0.15, 0.2) is 54.3 Å². The van der Waals surface area contributed by atoms with Crippen LogP contribution in [-0.2, 0) is 16.0 Å². The van der Waals surface area contributed by atoms with Gasteiger partial charge in [-0.2, -0.15) is 0 Å². The van der Waals surface area contributed by atoms with E-state index in [1.165, 1.54) is 0 Å². The molecular formula is C20H18ClNO4. The first kappa shape index (κ1) is 18.0. The van der Waals surface area contributed by atoms with Crippen molar-refractivity contribution in [3.63, 3.8) is 0 Å². The van der Waals surface area contributed by atoms with Crippen LogP contribution in [0.1, 0.15) is 18.1 Å².